The molecule has 2 atom stereocenters. The maximum absolute atomic E-state index is 13.5. The van der Waals surface area contributed by atoms with Gasteiger partial charge in [0.15, 0.2) is 5.82 Å². The summed E-state index contributed by atoms with van der Waals surface area (Å²) in [6.45, 7) is 13.7. The van der Waals surface area contributed by atoms with Crippen LogP contribution in [0.1, 0.15) is 116 Å². The highest BCUT2D eigenvalue weighted by molar-refractivity contribution is 5.70. The van der Waals surface area contributed by atoms with Gasteiger partial charge in [0.25, 0.3) is 0 Å². The van der Waals surface area contributed by atoms with E-state index in [9.17, 15) is 9.59 Å². The molecule has 6 rings (SSSR count). The summed E-state index contributed by atoms with van der Waals surface area (Å²) in [6.07, 6.45) is 6.44. The number of aromatic nitrogens is 2. The maximum atomic E-state index is 13.5. The second-order valence-corrected chi connectivity index (χ2v) is 16.1. The van der Waals surface area contributed by atoms with Crippen molar-refractivity contribution in [2.24, 2.45) is 5.41 Å². The standard InChI is InChI=1S/C34H49N4O5/c1-31(2,3)41-29(39)37(26-19-25(26)23-11-9-8-10-12-23)22-34(13-14-34)28-35-27(43-36-28)24-20-33(21-24)15-17-38(7,18-16-33)30(40)42-32(4,5)6/h8-12,24-26H,13-22H2,1-7H3/q+1/t24?,25?,26-,33?,38?/m0/s1. The molecule has 2 aromatic rings. The van der Waals surface area contributed by atoms with Crippen LogP contribution in [0.15, 0.2) is 34.9 Å². The minimum Gasteiger partial charge on any atom is -0.444 e. The average molecular weight is 594 g/mol. The Bertz CT molecular complexity index is 1340. The molecular formula is C34H49N4O5+. The quantitative estimate of drug-likeness (QED) is 0.335. The van der Waals surface area contributed by atoms with Crippen LogP contribution in [0, 0.1) is 5.41 Å². The number of carbonyl (C=O) groups excluding carboxylic acids is 2. The van der Waals surface area contributed by atoms with E-state index in [0.29, 0.717) is 16.9 Å². The number of amides is 2. The minimum atomic E-state index is -0.564. The molecule has 0 N–H and O–H groups in total. The summed E-state index contributed by atoms with van der Waals surface area (Å²) in [5.74, 6) is 2.03. The number of likely N-dealkylation sites (tertiary alicyclic amines) is 1. The third-order valence-electron chi connectivity index (χ3n) is 10.1. The Labute approximate surface area is 255 Å². The fourth-order valence-corrected chi connectivity index (χ4v) is 7.10. The maximum Gasteiger partial charge on any atom is 0.516 e. The van der Waals surface area contributed by atoms with E-state index in [4.69, 9.17) is 19.0 Å². The molecule has 0 radical (unpaired) electrons. The van der Waals surface area contributed by atoms with E-state index in [-0.39, 0.29) is 35.0 Å². The van der Waals surface area contributed by atoms with Crippen molar-refractivity contribution in [3.8, 4) is 0 Å². The normalized spacial score (nSPS) is 31.2. The highest BCUT2D eigenvalue weighted by Gasteiger charge is 2.57. The first-order valence-corrected chi connectivity index (χ1v) is 16.1. The molecule has 0 bridgehead atoms. The SMILES string of the molecule is CC(C)(C)OC(=O)N(CC1(c2noc(C3CC4(CC[N+](C)(C(=O)OC(C)(C)C)CC4)C3)n2)CC1)[C@H]1CC1c1ccccc1. The van der Waals surface area contributed by atoms with E-state index in [1.54, 1.807) is 0 Å². The Hall–Kier alpha value is -2.94. The average Bonchev–Trinajstić information content (AvgIpc) is 3.81. The first kappa shape index (κ1) is 30.1. The predicted molar refractivity (Wildman–Crippen MR) is 162 cm³/mol. The lowest BCUT2D eigenvalue weighted by molar-refractivity contribution is -0.847. The Kier molecular flexibility index (Phi) is 7.22. The molecule has 9 heteroatoms. The van der Waals surface area contributed by atoms with Gasteiger partial charge in [-0.15, -0.1) is 0 Å². The molecule has 3 saturated carbocycles. The van der Waals surface area contributed by atoms with Gasteiger partial charge in [-0.2, -0.15) is 9.78 Å². The largest absolute Gasteiger partial charge is 0.516 e. The van der Waals surface area contributed by atoms with Crippen LogP contribution in [0.2, 0.25) is 0 Å². The van der Waals surface area contributed by atoms with Gasteiger partial charge < -0.3 is 18.9 Å². The zero-order valence-electron chi connectivity index (χ0n) is 27.0. The van der Waals surface area contributed by atoms with Crippen LogP contribution in [0.25, 0.3) is 0 Å². The van der Waals surface area contributed by atoms with Gasteiger partial charge in [-0.1, -0.05) is 35.5 Å². The number of hydrogen-bond acceptors (Lipinski definition) is 7. The Morgan fingerprint density at radius 1 is 0.977 bits per heavy atom. The van der Waals surface area contributed by atoms with Gasteiger partial charge in [-0.3, -0.25) is 0 Å². The number of carbonyl (C=O) groups is 2. The first-order chi connectivity index (χ1) is 20.1. The number of quaternary nitrogens is 1. The van der Waals surface area contributed by atoms with Crippen molar-refractivity contribution in [1.82, 2.24) is 15.0 Å². The van der Waals surface area contributed by atoms with Gasteiger partial charge in [0.2, 0.25) is 5.89 Å². The highest BCUT2D eigenvalue weighted by Crippen LogP contribution is 2.58. The Morgan fingerprint density at radius 3 is 2.19 bits per heavy atom. The Balaban J connectivity index is 1.09. The summed E-state index contributed by atoms with van der Waals surface area (Å²) in [5.41, 5.74) is 0.185. The number of piperidine rings is 1. The number of rotatable bonds is 6. The highest BCUT2D eigenvalue weighted by atomic mass is 16.6. The van der Waals surface area contributed by atoms with Gasteiger partial charge in [0, 0.05) is 37.3 Å². The molecule has 3 aliphatic carbocycles. The monoisotopic (exact) mass is 593 g/mol. The molecule has 1 aliphatic heterocycles. The van der Waals surface area contributed by atoms with E-state index in [0.717, 1.165) is 69.8 Å². The van der Waals surface area contributed by atoms with Crippen molar-refractivity contribution < 1.29 is 28.1 Å². The smallest absolute Gasteiger partial charge is 0.444 e. The zero-order valence-corrected chi connectivity index (χ0v) is 27.0. The van der Waals surface area contributed by atoms with E-state index in [1.165, 1.54) is 5.56 Å². The van der Waals surface area contributed by atoms with Gasteiger partial charge in [-0.25, -0.2) is 9.28 Å². The van der Waals surface area contributed by atoms with Crippen molar-refractivity contribution in [3.63, 3.8) is 0 Å². The number of ether oxygens (including phenoxy) is 2. The fourth-order valence-electron chi connectivity index (χ4n) is 7.10. The summed E-state index contributed by atoms with van der Waals surface area (Å²) in [5, 5.41) is 4.48. The van der Waals surface area contributed by atoms with Crippen molar-refractivity contribution in [2.45, 2.75) is 121 Å². The van der Waals surface area contributed by atoms with Crippen molar-refractivity contribution in [1.29, 1.82) is 0 Å². The summed E-state index contributed by atoms with van der Waals surface area (Å²) in [7, 11) is 2.00. The summed E-state index contributed by atoms with van der Waals surface area (Å²) >= 11 is 0. The molecule has 1 aromatic carbocycles. The number of benzene rings is 1. The zero-order chi connectivity index (χ0) is 30.8. The second-order valence-electron chi connectivity index (χ2n) is 16.1. The third-order valence-corrected chi connectivity index (χ3v) is 10.1. The van der Waals surface area contributed by atoms with Crippen LogP contribution in [-0.4, -0.2) is 75.6 Å². The molecule has 4 fully saturated rings. The molecule has 2 heterocycles. The molecule has 9 nitrogen and oxygen atoms in total. The molecule has 1 spiro atoms. The summed E-state index contributed by atoms with van der Waals surface area (Å²) in [4.78, 5) is 33.2. The molecule has 2 amide bonds. The minimum absolute atomic E-state index is 0.114. The van der Waals surface area contributed by atoms with Crippen LogP contribution in [0.5, 0.6) is 0 Å². The Morgan fingerprint density at radius 2 is 1.60 bits per heavy atom. The molecule has 1 aromatic heterocycles. The van der Waals surface area contributed by atoms with Crippen molar-refractivity contribution in [3.05, 3.63) is 47.6 Å². The van der Waals surface area contributed by atoms with Crippen LogP contribution in [-0.2, 0) is 14.9 Å². The lowest BCUT2D eigenvalue weighted by Gasteiger charge is -2.52. The van der Waals surface area contributed by atoms with Crippen LogP contribution >= 0.6 is 0 Å². The molecule has 234 valence electrons. The van der Waals surface area contributed by atoms with E-state index in [1.807, 2.05) is 59.6 Å². The second kappa shape index (κ2) is 10.3. The molecular weight excluding hydrogens is 544 g/mol. The first-order valence-electron chi connectivity index (χ1n) is 16.1. The third kappa shape index (κ3) is 6.33. The molecule has 4 aliphatic rings. The predicted octanol–water partition coefficient (Wildman–Crippen LogP) is 6.93. The van der Waals surface area contributed by atoms with E-state index >= 15 is 0 Å². The lowest BCUT2D eigenvalue weighted by atomic mass is 9.57. The van der Waals surface area contributed by atoms with Gasteiger partial charge in [0.05, 0.1) is 25.6 Å². The lowest BCUT2D eigenvalue weighted by Crippen LogP contribution is -2.59. The molecule has 1 unspecified atom stereocenters. The summed E-state index contributed by atoms with van der Waals surface area (Å²) < 4.78 is 17.8. The molecule has 43 heavy (non-hydrogen) atoms. The van der Waals surface area contributed by atoms with Crippen LogP contribution < -0.4 is 0 Å². The summed E-state index contributed by atoms with van der Waals surface area (Å²) in [6, 6.07) is 10.5. The fraction of sp³-hybridized carbons (Fsp3) is 0.706. The van der Waals surface area contributed by atoms with E-state index < -0.39 is 11.2 Å². The van der Waals surface area contributed by atoms with Crippen molar-refractivity contribution in [2.75, 3.05) is 26.7 Å². The number of nitrogens with zero attached hydrogens (tertiary/aromatic N) is 4. The van der Waals surface area contributed by atoms with Crippen LogP contribution in [0.3, 0.4) is 0 Å². The molecule has 1 saturated heterocycles. The number of hydrogen-bond donors (Lipinski definition) is 0. The van der Waals surface area contributed by atoms with Gasteiger partial charge >= 0.3 is 12.2 Å². The van der Waals surface area contributed by atoms with E-state index in [2.05, 4.69) is 29.4 Å². The van der Waals surface area contributed by atoms with Gasteiger partial charge in [0.1, 0.15) is 11.2 Å². The van der Waals surface area contributed by atoms with Crippen molar-refractivity contribution >= 4 is 12.2 Å². The van der Waals surface area contributed by atoms with Crippen LogP contribution in [0.4, 0.5) is 9.59 Å². The topological polar surface area (TPSA) is 94.8 Å². The van der Waals surface area contributed by atoms with Gasteiger partial charge in [-0.05, 0) is 84.6 Å².